The molecule has 1 aromatic carbocycles. The van der Waals surface area contributed by atoms with Gasteiger partial charge >= 0.3 is 0 Å². The zero-order valence-electron chi connectivity index (χ0n) is 15.2. The molecule has 0 radical (unpaired) electrons. The van der Waals surface area contributed by atoms with E-state index in [0.29, 0.717) is 24.3 Å². The number of carbonyl (C=O) groups excluding carboxylic acids is 1. The summed E-state index contributed by atoms with van der Waals surface area (Å²) in [5, 5.41) is 0. The number of nitrogens with zero attached hydrogens (tertiary/aromatic N) is 3. The number of imidazole rings is 1. The summed E-state index contributed by atoms with van der Waals surface area (Å²) in [4.78, 5) is 25.4. The Bertz CT molecular complexity index is 716. The van der Waals surface area contributed by atoms with Gasteiger partial charge in [0.25, 0.3) is 0 Å². The fourth-order valence-electron chi connectivity index (χ4n) is 3.86. The molecule has 1 aromatic heterocycles. The molecule has 1 amide bonds. The van der Waals surface area contributed by atoms with Crippen molar-refractivity contribution in [1.82, 2.24) is 19.8 Å². The highest BCUT2D eigenvalue weighted by Crippen LogP contribution is 2.32. The smallest absolute Gasteiger partial charge is 0.224 e. The highest BCUT2D eigenvalue weighted by atomic mass is 16.2. The van der Waals surface area contributed by atoms with Crippen molar-refractivity contribution in [2.75, 3.05) is 19.6 Å². The standard InChI is InChI=1S/C20H28N4O/c1-14(2)18-12-23(10-9-20(25)24(18)11-15-7-8-15)13-19-21-16-5-3-4-6-17(16)22-19/h3-6,14-15,18H,7-13H2,1-2H3,(H,21,22)/t18-/m1/s1. The summed E-state index contributed by atoms with van der Waals surface area (Å²) >= 11 is 0. The summed E-state index contributed by atoms with van der Waals surface area (Å²) in [7, 11) is 0. The van der Waals surface area contributed by atoms with Crippen LogP contribution in [0.1, 0.15) is 38.9 Å². The highest BCUT2D eigenvalue weighted by Gasteiger charge is 2.35. The minimum absolute atomic E-state index is 0.306. The Balaban J connectivity index is 1.50. The second-order valence-corrected chi connectivity index (χ2v) is 7.99. The summed E-state index contributed by atoms with van der Waals surface area (Å²) in [6.45, 7) is 7.97. The fraction of sp³-hybridized carbons (Fsp3) is 0.600. The number of rotatable bonds is 5. The van der Waals surface area contributed by atoms with E-state index in [2.05, 4.69) is 34.7 Å². The van der Waals surface area contributed by atoms with Gasteiger partial charge in [-0.2, -0.15) is 0 Å². The molecule has 5 nitrogen and oxygen atoms in total. The van der Waals surface area contributed by atoms with Crippen molar-refractivity contribution in [3.8, 4) is 0 Å². The van der Waals surface area contributed by atoms with Crippen molar-refractivity contribution in [3.05, 3.63) is 30.1 Å². The Morgan fingerprint density at radius 3 is 2.80 bits per heavy atom. The van der Waals surface area contributed by atoms with Gasteiger partial charge in [0.2, 0.25) is 5.91 Å². The average Bonchev–Trinajstić information content (AvgIpc) is 3.33. The average molecular weight is 340 g/mol. The van der Waals surface area contributed by atoms with Crippen LogP contribution in [0.2, 0.25) is 0 Å². The Morgan fingerprint density at radius 1 is 1.28 bits per heavy atom. The molecule has 2 aromatic rings. The molecule has 2 aliphatic rings. The summed E-state index contributed by atoms with van der Waals surface area (Å²) < 4.78 is 0. The quantitative estimate of drug-likeness (QED) is 0.910. The molecule has 1 aliphatic heterocycles. The van der Waals surface area contributed by atoms with E-state index in [1.807, 2.05) is 18.2 Å². The van der Waals surface area contributed by atoms with E-state index in [4.69, 9.17) is 4.98 Å². The molecule has 2 fully saturated rings. The number of para-hydroxylation sites is 2. The van der Waals surface area contributed by atoms with E-state index >= 15 is 0 Å². The van der Waals surface area contributed by atoms with Crippen LogP contribution < -0.4 is 0 Å². The molecule has 1 saturated heterocycles. The van der Waals surface area contributed by atoms with Gasteiger partial charge in [-0.05, 0) is 36.8 Å². The first-order valence-corrected chi connectivity index (χ1v) is 9.55. The van der Waals surface area contributed by atoms with E-state index in [-0.39, 0.29) is 0 Å². The van der Waals surface area contributed by atoms with Crippen molar-refractivity contribution in [1.29, 1.82) is 0 Å². The van der Waals surface area contributed by atoms with Crippen molar-refractivity contribution in [2.24, 2.45) is 11.8 Å². The predicted molar refractivity (Wildman–Crippen MR) is 99.1 cm³/mol. The zero-order chi connectivity index (χ0) is 17.4. The lowest BCUT2D eigenvalue weighted by molar-refractivity contribution is -0.133. The molecular weight excluding hydrogens is 312 g/mol. The first-order valence-electron chi connectivity index (χ1n) is 9.55. The maximum Gasteiger partial charge on any atom is 0.224 e. The second kappa shape index (κ2) is 6.79. The lowest BCUT2D eigenvalue weighted by Gasteiger charge is -2.34. The lowest BCUT2D eigenvalue weighted by Crippen LogP contribution is -2.47. The van der Waals surface area contributed by atoms with E-state index < -0.39 is 0 Å². The zero-order valence-corrected chi connectivity index (χ0v) is 15.2. The van der Waals surface area contributed by atoms with Crippen LogP contribution in [0.5, 0.6) is 0 Å². The number of carbonyl (C=O) groups is 1. The molecule has 1 aliphatic carbocycles. The molecular formula is C20H28N4O. The topological polar surface area (TPSA) is 52.2 Å². The molecule has 25 heavy (non-hydrogen) atoms. The molecule has 4 rings (SSSR count). The van der Waals surface area contributed by atoms with Gasteiger partial charge in [-0.25, -0.2) is 4.98 Å². The molecule has 1 N–H and O–H groups in total. The Kier molecular flexibility index (Phi) is 4.50. The van der Waals surface area contributed by atoms with Gasteiger partial charge in [0.05, 0.1) is 17.6 Å². The fourth-order valence-corrected chi connectivity index (χ4v) is 3.86. The molecule has 0 spiro atoms. The summed E-state index contributed by atoms with van der Waals surface area (Å²) in [5.74, 6) is 2.54. The van der Waals surface area contributed by atoms with E-state index in [9.17, 15) is 4.79 Å². The SMILES string of the molecule is CC(C)[C@H]1CN(Cc2nc3ccccc3[nH]2)CCC(=O)N1CC1CC1. The molecule has 5 heteroatoms. The van der Waals surface area contributed by atoms with Crippen LogP contribution in [0.3, 0.4) is 0 Å². The van der Waals surface area contributed by atoms with Crippen LogP contribution in [0.25, 0.3) is 11.0 Å². The Morgan fingerprint density at radius 2 is 2.08 bits per heavy atom. The third-order valence-corrected chi connectivity index (χ3v) is 5.54. The molecule has 0 unspecified atom stereocenters. The molecule has 1 saturated carbocycles. The van der Waals surface area contributed by atoms with Crippen LogP contribution in [0.15, 0.2) is 24.3 Å². The largest absolute Gasteiger partial charge is 0.341 e. The first-order chi connectivity index (χ1) is 12.1. The number of amides is 1. The third-order valence-electron chi connectivity index (χ3n) is 5.54. The molecule has 1 atom stereocenters. The molecule has 0 bridgehead atoms. The molecule has 2 heterocycles. The maximum absolute atomic E-state index is 12.7. The summed E-state index contributed by atoms with van der Waals surface area (Å²) in [5.41, 5.74) is 2.10. The van der Waals surface area contributed by atoms with Crippen LogP contribution >= 0.6 is 0 Å². The minimum atomic E-state index is 0.306. The van der Waals surface area contributed by atoms with E-state index in [1.165, 1.54) is 12.8 Å². The van der Waals surface area contributed by atoms with Crippen molar-refractivity contribution in [3.63, 3.8) is 0 Å². The lowest BCUT2D eigenvalue weighted by atomic mass is 10.0. The van der Waals surface area contributed by atoms with Gasteiger partial charge in [-0.1, -0.05) is 26.0 Å². The second-order valence-electron chi connectivity index (χ2n) is 7.99. The predicted octanol–water partition coefficient (Wildman–Crippen LogP) is 3.03. The van der Waals surface area contributed by atoms with Gasteiger partial charge < -0.3 is 9.88 Å². The number of aromatic nitrogens is 2. The Hall–Kier alpha value is -1.88. The van der Waals surface area contributed by atoms with Gasteiger partial charge in [0.1, 0.15) is 5.82 Å². The van der Waals surface area contributed by atoms with Gasteiger partial charge in [0.15, 0.2) is 0 Å². The van der Waals surface area contributed by atoms with Gasteiger partial charge in [-0.15, -0.1) is 0 Å². The van der Waals surface area contributed by atoms with E-state index in [1.54, 1.807) is 0 Å². The summed E-state index contributed by atoms with van der Waals surface area (Å²) in [6, 6.07) is 8.45. The van der Waals surface area contributed by atoms with Crippen molar-refractivity contribution < 1.29 is 4.79 Å². The van der Waals surface area contributed by atoms with Crippen LogP contribution in [-0.2, 0) is 11.3 Å². The molecule has 134 valence electrons. The Labute approximate surface area is 149 Å². The normalized spacial score (nSPS) is 22.8. The first kappa shape index (κ1) is 16.6. The van der Waals surface area contributed by atoms with Crippen LogP contribution in [0, 0.1) is 11.8 Å². The monoisotopic (exact) mass is 340 g/mol. The minimum Gasteiger partial charge on any atom is -0.341 e. The number of hydrogen-bond donors (Lipinski definition) is 1. The van der Waals surface area contributed by atoms with Gasteiger partial charge in [-0.3, -0.25) is 9.69 Å². The number of benzene rings is 1. The van der Waals surface area contributed by atoms with Crippen LogP contribution in [0.4, 0.5) is 0 Å². The number of fused-ring (bicyclic) bond motifs is 1. The van der Waals surface area contributed by atoms with Crippen LogP contribution in [-0.4, -0.2) is 51.4 Å². The number of H-pyrrole nitrogens is 1. The van der Waals surface area contributed by atoms with Crippen molar-refractivity contribution >= 4 is 16.9 Å². The van der Waals surface area contributed by atoms with Gasteiger partial charge in [0, 0.05) is 32.1 Å². The number of hydrogen-bond acceptors (Lipinski definition) is 3. The van der Waals surface area contributed by atoms with E-state index in [0.717, 1.165) is 49.0 Å². The maximum atomic E-state index is 12.7. The highest BCUT2D eigenvalue weighted by molar-refractivity contribution is 5.77. The summed E-state index contributed by atoms with van der Waals surface area (Å²) in [6.07, 6.45) is 3.20. The number of aromatic amines is 1. The van der Waals surface area contributed by atoms with Crippen molar-refractivity contribution in [2.45, 2.75) is 45.7 Å². The number of nitrogens with one attached hydrogen (secondary N) is 1. The third kappa shape index (κ3) is 3.71.